The number of rotatable bonds is 4. The van der Waals surface area contributed by atoms with E-state index in [0.717, 1.165) is 12.8 Å². The zero-order chi connectivity index (χ0) is 18.1. The Kier molecular flexibility index (Phi) is 4.34. The van der Waals surface area contributed by atoms with E-state index in [2.05, 4.69) is 17.4 Å². The highest BCUT2D eigenvalue weighted by Gasteiger charge is 2.29. The van der Waals surface area contributed by atoms with E-state index in [1.807, 2.05) is 19.2 Å². The van der Waals surface area contributed by atoms with Crippen LogP contribution in [-0.4, -0.2) is 23.8 Å². The minimum absolute atomic E-state index is 0.0322. The van der Waals surface area contributed by atoms with Crippen molar-refractivity contribution in [2.75, 3.05) is 12.4 Å². The lowest BCUT2D eigenvalue weighted by atomic mass is 10.1. The van der Waals surface area contributed by atoms with Crippen molar-refractivity contribution in [3.63, 3.8) is 0 Å². The summed E-state index contributed by atoms with van der Waals surface area (Å²) < 4.78 is 5.08. The molecule has 1 aliphatic carbocycles. The Morgan fingerprint density at radius 3 is 2.81 bits per heavy atom. The summed E-state index contributed by atoms with van der Waals surface area (Å²) in [5.74, 6) is -0.116. The molecule has 6 heteroatoms. The number of nitrogens with zero attached hydrogens (tertiary/aromatic N) is 1. The van der Waals surface area contributed by atoms with Gasteiger partial charge in [0.15, 0.2) is 5.76 Å². The number of carbonyl (C=O) groups excluding carboxylic acids is 2. The normalized spacial score (nSPS) is 15.5. The van der Waals surface area contributed by atoms with Crippen LogP contribution in [0.4, 0.5) is 5.00 Å². The molecule has 0 aliphatic heterocycles. The van der Waals surface area contributed by atoms with Crippen LogP contribution in [0.25, 0.3) is 0 Å². The molecule has 1 atom stereocenters. The second-order valence-corrected chi connectivity index (χ2v) is 7.35. The van der Waals surface area contributed by atoms with Crippen LogP contribution in [-0.2, 0) is 6.42 Å². The molecule has 4 rings (SSSR count). The molecule has 2 amide bonds. The molecule has 1 unspecified atom stereocenters. The Bertz CT molecular complexity index is 946. The maximum Gasteiger partial charge on any atom is 0.291 e. The van der Waals surface area contributed by atoms with Gasteiger partial charge in [-0.1, -0.05) is 24.3 Å². The Morgan fingerprint density at radius 1 is 1.15 bits per heavy atom. The molecule has 1 aliphatic rings. The Hall–Kier alpha value is -2.86. The highest BCUT2D eigenvalue weighted by molar-refractivity contribution is 7.18. The van der Waals surface area contributed by atoms with Crippen LogP contribution in [0.1, 0.15) is 43.8 Å². The second-order valence-electron chi connectivity index (χ2n) is 6.26. The largest absolute Gasteiger partial charge is 0.459 e. The van der Waals surface area contributed by atoms with Crippen molar-refractivity contribution in [2.45, 2.75) is 18.9 Å². The van der Waals surface area contributed by atoms with E-state index in [1.165, 1.54) is 28.7 Å². The van der Waals surface area contributed by atoms with Crippen molar-refractivity contribution < 1.29 is 14.0 Å². The van der Waals surface area contributed by atoms with Crippen LogP contribution >= 0.6 is 11.3 Å². The van der Waals surface area contributed by atoms with Gasteiger partial charge in [-0.2, -0.15) is 0 Å². The van der Waals surface area contributed by atoms with E-state index in [-0.39, 0.29) is 23.6 Å². The molecule has 1 N–H and O–H groups in total. The predicted octanol–water partition coefficient (Wildman–Crippen LogP) is 4.35. The first-order valence-corrected chi connectivity index (χ1v) is 9.25. The number of amides is 2. The lowest BCUT2D eigenvalue weighted by molar-refractivity contribution is 0.0735. The van der Waals surface area contributed by atoms with Crippen LogP contribution in [0.2, 0.25) is 0 Å². The summed E-state index contributed by atoms with van der Waals surface area (Å²) in [5, 5.41) is 3.38. The molecule has 5 nitrogen and oxygen atoms in total. The van der Waals surface area contributed by atoms with E-state index in [9.17, 15) is 9.59 Å². The number of hydrogen-bond acceptors (Lipinski definition) is 4. The molecule has 0 saturated carbocycles. The average Bonchev–Trinajstić information content (AvgIpc) is 3.40. The Balaban J connectivity index is 1.47. The third-order valence-corrected chi connectivity index (χ3v) is 5.68. The summed E-state index contributed by atoms with van der Waals surface area (Å²) in [6, 6.07) is 15.1. The molecule has 2 aromatic heterocycles. The second kappa shape index (κ2) is 6.80. The van der Waals surface area contributed by atoms with E-state index >= 15 is 0 Å². The van der Waals surface area contributed by atoms with Crippen LogP contribution in [0.5, 0.6) is 0 Å². The molecule has 0 saturated heterocycles. The van der Waals surface area contributed by atoms with Gasteiger partial charge in [-0.05, 0) is 48.2 Å². The van der Waals surface area contributed by atoms with Crippen LogP contribution in [0, 0.1) is 0 Å². The summed E-state index contributed by atoms with van der Waals surface area (Å²) in [7, 11) is 1.84. The zero-order valence-corrected chi connectivity index (χ0v) is 15.1. The molecule has 2 heterocycles. The minimum atomic E-state index is -0.325. The van der Waals surface area contributed by atoms with Gasteiger partial charge in [-0.3, -0.25) is 9.59 Å². The average molecular weight is 366 g/mol. The third-order valence-electron chi connectivity index (χ3n) is 4.69. The molecule has 0 radical (unpaired) electrons. The maximum absolute atomic E-state index is 12.9. The van der Waals surface area contributed by atoms with Gasteiger partial charge in [0, 0.05) is 7.05 Å². The quantitative estimate of drug-likeness (QED) is 0.746. The smallest absolute Gasteiger partial charge is 0.291 e. The Labute approximate surface area is 155 Å². The fourth-order valence-corrected chi connectivity index (χ4v) is 4.24. The number of carbonyl (C=O) groups is 2. The number of anilines is 1. The monoisotopic (exact) mass is 366 g/mol. The number of fused-ring (bicyclic) bond motifs is 1. The highest BCUT2D eigenvalue weighted by Crippen LogP contribution is 2.36. The molecule has 0 bridgehead atoms. The molecule has 132 valence electrons. The van der Waals surface area contributed by atoms with Gasteiger partial charge in [0.05, 0.1) is 22.2 Å². The van der Waals surface area contributed by atoms with Crippen molar-refractivity contribution in [3.05, 3.63) is 76.6 Å². The Morgan fingerprint density at radius 2 is 2.00 bits per heavy atom. The van der Waals surface area contributed by atoms with Crippen LogP contribution in [0.15, 0.2) is 59.2 Å². The summed E-state index contributed by atoms with van der Waals surface area (Å²) in [6.07, 6.45) is 3.38. The fourth-order valence-electron chi connectivity index (χ4n) is 3.35. The number of furan rings is 1. The molecule has 3 aromatic rings. The lowest BCUT2D eigenvalue weighted by Crippen LogP contribution is -2.29. The lowest BCUT2D eigenvalue weighted by Gasteiger charge is -2.25. The number of hydrogen-bond donors (Lipinski definition) is 1. The standard InChI is InChI=1S/C20H18N2O3S/c1-22(15-9-8-13-5-2-3-6-14(13)15)20(24)17-10-11-18(26-17)21-19(23)16-7-4-12-25-16/h2-7,10-12,15H,8-9H2,1H3,(H,21,23). The molecular weight excluding hydrogens is 348 g/mol. The fraction of sp³-hybridized carbons (Fsp3) is 0.200. The van der Waals surface area contributed by atoms with Crippen LogP contribution < -0.4 is 5.32 Å². The maximum atomic E-state index is 12.9. The van der Waals surface area contributed by atoms with Crippen molar-refractivity contribution in [1.82, 2.24) is 4.90 Å². The number of nitrogens with one attached hydrogen (secondary N) is 1. The van der Waals surface area contributed by atoms with Gasteiger partial charge in [0.2, 0.25) is 0 Å². The highest BCUT2D eigenvalue weighted by atomic mass is 32.1. The summed E-state index contributed by atoms with van der Waals surface area (Å²) in [5.41, 5.74) is 2.54. The van der Waals surface area contributed by atoms with Gasteiger partial charge < -0.3 is 14.6 Å². The molecule has 1 aromatic carbocycles. The minimum Gasteiger partial charge on any atom is -0.459 e. The number of benzene rings is 1. The topological polar surface area (TPSA) is 62.6 Å². The van der Waals surface area contributed by atoms with Gasteiger partial charge in [0.25, 0.3) is 11.8 Å². The van der Waals surface area contributed by atoms with Gasteiger partial charge in [0.1, 0.15) is 0 Å². The molecule has 0 fully saturated rings. The number of thiophene rings is 1. The van der Waals surface area contributed by atoms with E-state index in [1.54, 1.807) is 29.2 Å². The molecule has 0 spiro atoms. The van der Waals surface area contributed by atoms with Crippen molar-refractivity contribution in [2.24, 2.45) is 0 Å². The van der Waals surface area contributed by atoms with Crippen molar-refractivity contribution in [1.29, 1.82) is 0 Å². The van der Waals surface area contributed by atoms with Gasteiger partial charge >= 0.3 is 0 Å². The van der Waals surface area contributed by atoms with Crippen molar-refractivity contribution in [3.8, 4) is 0 Å². The van der Waals surface area contributed by atoms with Gasteiger partial charge in [-0.15, -0.1) is 11.3 Å². The van der Waals surface area contributed by atoms with E-state index < -0.39 is 0 Å². The molecule has 26 heavy (non-hydrogen) atoms. The van der Waals surface area contributed by atoms with E-state index in [0.29, 0.717) is 9.88 Å². The SMILES string of the molecule is CN(C(=O)c1ccc(NC(=O)c2ccco2)s1)C1CCc2ccccc21. The first-order valence-electron chi connectivity index (χ1n) is 8.43. The van der Waals surface area contributed by atoms with Gasteiger partial charge in [-0.25, -0.2) is 0 Å². The summed E-state index contributed by atoms with van der Waals surface area (Å²) in [6.45, 7) is 0. The summed E-state index contributed by atoms with van der Waals surface area (Å²) >= 11 is 1.27. The molecular formula is C20H18N2O3S. The first kappa shape index (κ1) is 16.6. The summed E-state index contributed by atoms with van der Waals surface area (Å²) in [4.78, 5) is 27.3. The third kappa shape index (κ3) is 3.04. The number of aryl methyl sites for hydroxylation is 1. The predicted molar refractivity (Wildman–Crippen MR) is 101 cm³/mol. The zero-order valence-electron chi connectivity index (χ0n) is 14.3. The van der Waals surface area contributed by atoms with Crippen LogP contribution in [0.3, 0.4) is 0 Å². The van der Waals surface area contributed by atoms with Crippen molar-refractivity contribution >= 4 is 28.2 Å². The first-order chi connectivity index (χ1) is 12.6. The van der Waals surface area contributed by atoms with E-state index in [4.69, 9.17) is 4.42 Å².